The predicted octanol–water partition coefficient (Wildman–Crippen LogP) is 3.67. The third kappa shape index (κ3) is 2.40. The van der Waals surface area contributed by atoms with Crippen molar-refractivity contribution in [3.63, 3.8) is 0 Å². The predicted molar refractivity (Wildman–Crippen MR) is 67.8 cm³/mol. The van der Waals surface area contributed by atoms with E-state index in [1.807, 2.05) is 0 Å². The van der Waals surface area contributed by atoms with Crippen molar-refractivity contribution in [3.05, 3.63) is 59.9 Å². The third-order valence-corrected chi connectivity index (χ3v) is 2.59. The van der Waals surface area contributed by atoms with Crippen molar-refractivity contribution in [2.24, 2.45) is 0 Å². The molecule has 0 spiro atoms. The number of carbonyl (C=O) groups excluding carboxylic acids is 1. The van der Waals surface area contributed by atoms with E-state index in [9.17, 15) is 9.18 Å². The summed E-state index contributed by atoms with van der Waals surface area (Å²) in [5.41, 5.74) is 1.33. The van der Waals surface area contributed by atoms with Crippen LogP contribution >= 0.6 is 0 Å². The highest BCUT2D eigenvalue weighted by atomic mass is 19.1. The fourth-order valence-corrected chi connectivity index (χ4v) is 1.78. The molecule has 2 aromatic rings. The van der Waals surface area contributed by atoms with E-state index >= 15 is 0 Å². The van der Waals surface area contributed by atoms with Gasteiger partial charge in [0.15, 0.2) is 0 Å². The van der Waals surface area contributed by atoms with E-state index in [1.54, 1.807) is 49.4 Å². The molecular weight excluding hydrogens is 231 g/mol. The van der Waals surface area contributed by atoms with E-state index < -0.39 is 5.97 Å². The van der Waals surface area contributed by atoms with Crippen LogP contribution in [0.4, 0.5) is 4.39 Å². The highest BCUT2D eigenvalue weighted by Crippen LogP contribution is 2.26. The Morgan fingerprint density at radius 2 is 1.67 bits per heavy atom. The quantitative estimate of drug-likeness (QED) is 0.770. The van der Waals surface area contributed by atoms with Gasteiger partial charge in [-0.2, -0.15) is 0 Å². The van der Waals surface area contributed by atoms with Crippen LogP contribution in [0.15, 0.2) is 48.5 Å². The zero-order chi connectivity index (χ0) is 13.0. The second-order valence-electron chi connectivity index (χ2n) is 3.75. The van der Waals surface area contributed by atoms with Gasteiger partial charge in [0, 0.05) is 5.56 Å². The minimum absolute atomic E-state index is 0.296. The molecule has 92 valence electrons. The fraction of sp³-hybridized carbons (Fsp3) is 0.133. The fourth-order valence-electron chi connectivity index (χ4n) is 1.78. The molecule has 0 fully saturated rings. The van der Waals surface area contributed by atoms with Gasteiger partial charge < -0.3 is 4.74 Å². The lowest BCUT2D eigenvalue weighted by Gasteiger charge is -2.09. The van der Waals surface area contributed by atoms with E-state index in [-0.39, 0.29) is 5.82 Å². The molecule has 2 aromatic carbocycles. The van der Waals surface area contributed by atoms with Gasteiger partial charge in [-0.25, -0.2) is 9.18 Å². The van der Waals surface area contributed by atoms with Gasteiger partial charge in [0.2, 0.25) is 0 Å². The lowest BCUT2D eigenvalue weighted by atomic mass is 9.99. The summed E-state index contributed by atoms with van der Waals surface area (Å²) in [7, 11) is 0. The second kappa shape index (κ2) is 5.45. The molecule has 3 heteroatoms. The molecule has 18 heavy (non-hydrogen) atoms. The summed E-state index contributed by atoms with van der Waals surface area (Å²) in [4.78, 5) is 11.8. The Balaban J connectivity index is 2.52. The van der Waals surface area contributed by atoms with Crippen molar-refractivity contribution < 1.29 is 13.9 Å². The van der Waals surface area contributed by atoms with Crippen LogP contribution in [0, 0.1) is 5.82 Å². The van der Waals surface area contributed by atoms with Crippen molar-refractivity contribution in [2.45, 2.75) is 6.92 Å². The molecule has 0 N–H and O–H groups in total. The lowest BCUT2D eigenvalue weighted by molar-refractivity contribution is 0.0527. The summed E-state index contributed by atoms with van der Waals surface area (Å²) < 4.78 is 18.7. The van der Waals surface area contributed by atoms with Crippen LogP contribution in [-0.4, -0.2) is 12.6 Å². The Hall–Kier alpha value is -2.16. The normalized spacial score (nSPS) is 10.1. The first-order valence-corrected chi connectivity index (χ1v) is 5.75. The largest absolute Gasteiger partial charge is 0.462 e. The summed E-state index contributed by atoms with van der Waals surface area (Å²) >= 11 is 0. The summed E-state index contributed by atoms with van der Waals surface area (Å²) in [6.45, 7) is 2.04. The maximum Gasteiger partial charge on any atom is 0.338 e. The van der Waals surface area contributed by atoms with Crippen molar-refractivity contribution in [3.8, 4) is 11.1 Å². The van der Waals surface area contributed by atoms with E-state index in [0.29, 0.717) is 23.3 Å². The highest BCUT2D eigenvalue weighted by Gasteiger charge is 2.15. The second-order valence-corrected chi connectivity index (χ2v) is 3.75. The van der Waals surface area contributed by atoms with Gasteiger partial charge in [-0.15, -0.1) is 0 Å². The van der Waals surface area contributed by atoms with Gasteiger partial charge in [-0.3, -0.25) is 0 Å². The van der Waals surface area contributed by atoms with Crippen LogP contribution in [0.1, 0.15) is 17.3 Å². The summed E-state index contributed by atoms with van der Waals surface area (Å²) in [6, 6.07) is 13.2. The molecule has 0 amide bonds. The Labute approximate surface area is 105 Å². The number of esters is 1. The van der Waals surface area contributed by atoms with Crippen molar-refractivity contribution in [2.75, 3.05) is 6.61 Å². The highest BCUT2D eigenvalue weighted by molar-refractivity contribution is 5.97. The summed E-state index contributed by atoms with van der Waals surface area (Å²) in [5, 5.41) is 0. The molecule has 0 aromatic heterocycles. The number of halogens is 1. The molecule has 0 bridgehead atoms. The SMILES string of the molecule is CCOC(=O)c1ccccc1-c1ccccc1F. The molecule has 0 radical (unpaired) electrons. The summed E-state index contributed by atoms with van der Waals surface area (Å²) in [5.74, 6) is -0.786. The Bertz CT molecular complexity index is 564. The first kappa shape index (κ1) is 12.3. The molecule has 0 saturated carbocycles. The lowest BCUT2D eigenvalue weighted by Crippen LogP contribution is -2.06. The number of benzene rings is 2. The van der Waals surface area contributed by atoms with Crippen molar-refractivity contribution in [1.82, 2.24) is 0 Å². The number of hydrogen-bond acceptors (Lipinski definition) is 2. The average Bonchev–Trinajstić information content (AvgIpc) is 2.40. The zero-order valence-corrected chi connectivity index (χ0v) is 10.0. The van der Waals surface area contributed by atoms with Crippen molar-refractivity contribution >= 4 is 5.97 Å². The molecule has 0 aliphatic carbocycles. The van der Waals surface area contributed by atoms with Crippen LogP contribution in [-0.2, 0) is 4.74 Å². The maximum atomic E-state index is 13.8. The molecule has 0 atom stereocenters. The van der Waals surface area contributed by atoms with Gasteiger partial charge in [0.25, 0.3) is 0 Å². The van der Waals surface area contributed by atoms with E-state index in [0.717, 1.165) is 0 Å². The number of ether oxygens (including phenoxy) is 1. The minimum atomic E-state index is -0.434. The standard InChI is InChI=1S/C15H13FO2/c1-2-18-15(17)13-9-4-3-7-11(13)12-8-5-6-10-14(12)16/h3-10H,2H2,1H3. The minimum Gasteiger partial charge on any atom is -0.462 e. The molecule has 2 rings (SSSR count). The number of carbonyl (C=O) groups is 1. The van der Waals surface area contributed by atoms with Gasteiger partial charge in [0.05, 0.1) is 12.2 Å². The Morgan fingerprint density at radius 3 is 2.33 bits per heavy atom. The van der Waals surface area contributed by atoms with Crippen LogP contribution in [0.3, 0.4) is 0 Å². The summed E-state index contributed by atoms with van der Waals surface area (Å²) in [6.07, 6.45) is 0. The van der Waals surface area contributed by atoms with Gasteiger partial charge in [0.1, 0.15) is 5.82 Å². The van der Waals surface area contributed by atoms with Crippen molar-refractivity contribution in [1.29, 1.82) is 0 Å². The molecule has 2 nitrogen and oxygen atoms in total. The molecule has 0 unspecified atom stereocenters. The Morgan fingerprint density at radius 1 is 1.06 bits per heavy atom. The molecule has 0 aliphatic heterocycles. The smallest absolute Gasteiger partial charge is 0.338 e. The molecular formula is C15H13FO2. The van der Waals surface area contributed by atoms with Crippen LogP contribution in [0.5, 0.6) is 0 Å². The monoisotopic (exact) mass is 244 g/mol. The maximum absolute atomic E-state index is 13.8. The number of rotatable bonds is 3. The van der Waals surface area contributed by atoms with Gasteiger partial charge >= 0.3 is 5.97 Å². The van der Waals surface area contributed by atoms with Gasteiger partial charge in [-0.1, -0.05) is 36.4 Å². The van der Waals surface area contributed by atoms with Crippen LogP contribution < -0.4 is 0 Å². The van der Waals surface area contributed by atoms with E-state index in [1.165, 1.54) is 6.07 Å². The van der Waals surface area contributed by atoms with Crippen LogP contribution in [0.2, 0.25) is 0 Å². The first-order valence-electron chi connectivity index (χ1n) is 5.75. The van der Waals surface area contributed by atoms with E-state index in [2.05, 4.69) is 0 Å². The average molecular weight is 244 g/mol. The third-order valence-electron chi connectivity index (χ3n) is 2.59. The first-order chi connectivity index (χ1) is 8.74. The topological polar surface area (TPSA) is 26.3 Å². The Kier molecular flexibility index (Phi) is 3.72. The molecule has 0 heterocycles. The number of hydrogen-bond donors (Lipinski definition) is 0. The van der Waals surface area contributed by atoms with Crippen LogP contribution in [0.25, 0.3) is 11.1 Å². The van der Waals surface area contributed by atoms with E-state index in [4.69, 9.17) is 4.74 Å². The zero-order valence-electron chi connectivity index (χ0n) is 10.0. The molecule has 0 saturated heterocycles. The molecule has 0 aliphatic rings. The van der Waals surface area contributed by atoms with Gasteiger partial charge in [-0.05, 0) is 24.6 Å².